The van der Waals surface area contributed by atoms with Crippen LogP contribution in [0.4, 0.5) is 0 Å². The van der Waals surface area contributed by atoms with E-state index in [0.717, 1.165) is 46.5 Å². The third-order valence-corrected chi connectivity index (χ3v) is 9.16. The standard InChI is InChI=1S/C34H56N2O2.2C7H7.Zr/c1-31(2,3)25-17-23(29(37)27(19-25)33(7,8)9)21-35(13)15-16-36(14)22-24-18-26(32(4,5)6)20-28(30(24)38)34(10,11)12;2*1-7-5-3-2-4-6-7;/h17-20,37-38H,15-16,21-22H2,1-14H3;2*2-6H,1H2;/q;2*-1;+2. The molecule has 0 heterocycles. The molecule has 4 nitrogen and oxygen atoms in total. The number of hydrogen-bond acceptors (Lipinski definition) is 4. The van der Waals surface area contributed by atoms with Crippen LogP contribution in [0.3, 0.4) is 0 Å². The van der Waals surface area contributed by atoms with Crippen LogP contribution in [0.15, 0.2) is 84.9 Å². The van der Waals surface area contributed by atoms with Gasteiger partial charge >= 0.3 is 26.2 Å². The molecule has 0 unspecified atom stereocenters. The van der Waals surface area contributed by atoms with Gasteiger partial charge in [-0.25, -0.2) is 0 Å². The van der Waals surface area contributed by atoms with Crippen LogP contribution in [-0.4, -0.2) is 47.2 Å². The fourth-order valence-electron chi connectivity index (χ4n) is 5.68. The van der Waals surface area contributed by atoms with Gasteiger partial charge in [-0.1, -0.05) is 119 Å². The van der Waals surface area contributed by atoms with Gasteiger partial charge in [-0.3, -0.25) is 0 Å². The summed E-state index contributed by atoms with van der Waals surface area (Å²) >= 11 is 0. The molecular weight excluding hydrogens is 728 g/mol. The van der Waals surface area contributed by atoms with Gasteiger partial charge in [0.05, 0.1) is 0 Å². The molecule has 0 saturated heterocycles. The number of rotatable bonds is 7. The van der Waals surface area contributed by atoms with Crippen molar-refractivity contribution >= 4 is 0 Å². The molecule has 53 heavy (non-hydrogen) atoms. The molecular formula is C48H70N2O2Zr. The third-order valence-electron chi connectivity index (χ3n) is 9.16. The van der Waals surface area contributed by atoms with Gasteiger partial charge in [0.25, 0.3) is 0 Å². The van der Waals surface area contributed by atoms with Gasteiger partial charge in [-0.2, -0.15) is 49.2 Å². The number of benzene rings is 4. The van der Waals surface area contributed by atoms with Crippen molar-refractivity contribution in [1.82, 2.24) is 9.80 Å². The third kappa shape index (κ3) is 16.1. The maximum absolute atomic E-state index is 11.2. The molecule has 4 rings (SSSR count). The Morgan fingerprint density at radius 1 is 0.472 bits per heavy atom. The van der Waals surface area contributed by atoms with Crippen LogP contribution in [0.25, 0.3) is 0 Å². The molecule has 0 aliphatic rings. The van der Waals surface area contributed by atoms with Crippen molar-refractivity contribution in [2.24, 2.45) is 0 Å². The summed E-state index contributed by atoms with van der Waals surface area (Å²) in [6.07, 6.45) is 0. The van der Waals surface area contributed by atoms with Crippen LogP contribution >= 0.6 is 0 Å². The Kier molecular flexibility index (Phi) is 18.2. The minimum atomic E-state index is -0.131. The minimum Gasteiger partial charge on any atom is -0.507 e. The minimum absolute atomic E-state index is 0. The molecule has 0 fully saturated rings. The van der Waals surface area contributed by atoms with Gasteiger partial charge in [-0.05, 0) is 58.0 Å². The zero-order valence-electron chi connectivity index (χ0n) is 35.6. The van der Waals surface area contributed by atoms with E-state index in [1.165, 1.54) is 11.1 Å². The predicted molar refractivity (Wildman–Crippen MR) is 225 cm³/mol. The van der Waals surface area contributed by atoms with Crippen molar-refractivity contribution in [2.45, 2.75) is 118 Å². The Morgan fingerprint density at radius 3 is 0.962 bits per heavy atom. The summed E-state index contributed by atoms with van der Waals surface area (Å²) in [6.45, 7) is 36.8. The topological polar surface area (TPSA) is 46.9 Å². The zero-order chi connectivity index (χ0) is 39.7. The second-order valence-electron chi connectivity index (χ2n) is 18.5. The van der Waals surface area contributed by atoms with Gasteiger partial charge in [0.15, 0.2) is 0 Å². The van der Waals surface area contributed by atoms with Gasteiger partial charge in [-0.15, -0.1) is 24.3 Å². The van der Waals surface area contributed by atoms with Gasteiger partial charge < -0.3 is 20.0 Å². The zero-order valence-corrected chi connectivity index (χ0v) is 38.1. The summed E-state index contributed by atoms with van der Waals surface area (Å²) in [4.78, 5) is 4.55. The monoisotopic (exact) mass is 796 g/mol. The fourth-order valence-corrected chi connectivity index (χ4v) is 5.68. The van der Waals surface area contributed by atoms with E-state index >= 15 is 0 Å². The summed E-state index contributed by atoms with van der Waals surface area (Å²) in [5, 5.41) is 22.4. The molecule has 0 radical (unpaired) electrons. The molecule has 288 valence electrons. The van der Waals surface area contributed by atoms with Crippen molar-refractivity contribution in [2.75, 3.05) is 27.2 Å². The largest absolute Gasteiger partial charge is 2.00 e. The van der Waals surface area contributed by atoms with Crippen molar-refractivity contribution in [3.63, 3.8) is 0 Å². The average molecular weight is 798 g/mol. The Bertz CT molecular complexity index is 1550. The molecule has 0 aromatic heterocycles. The van der Waals surface area contributed by atoms with E-state index in [1.807, 2.05) is 60.7 Å². The van der Waals surface area contributed by atoms with Gasteiger partial charge in [0.2, 0.25) is 0 Å². The Labute approximate surface area is 344 Å². The summed E-state index contributed by atoms with van der Waals surface area (Å²) in [7, 11) is 4.23. The first-order chi connectivity index (χ1) is 23.8. The van der Waals surface area contributed by atoms with Gasteiger partial charge in [0.1, 0.15) is 11.5 Å². The first-order valence-corrected chi connectivity index (χ1v) is 18.7. The van der Waals surface area contributed by atoms with Crippen LogP contribution in [0.5, 0.6) is 11.5 Å². The summed E-state index contributed by atoms with van der Waals surface area (Å²) in [5.74, 6) is 0.841. The van der Waals surface area contributed by atoms with E-state index in [0.29, 0.717) is 24.6 Å². The van der Waals surface area contributed by atoms with E-state index in [2.05, 4.69) is 145 Å². The fraction of sp³-hybridized carbons (Fsp3) is 0.458. The molecule has 4 aromatic rings. The number of nitrogens with zero attached hydrogens (tertiary/aromatic N) is 2. The molecule has 0 aliphatic carbocycles. The summed E-state index contributed by atoms with van der Waals surface area (Å²) in [5.41, 5.74) is 8.40. The number of phenolic OH excluding ortho intramolecular Hbond substituents is 2. The quantitative estimate of drug-likeness (QED) is 0.183. The first kappa shape index (κ1) is 48.0. The molecule has 0 saturated carbocycles. The molecule has 5 heteroatoms. The van der Waals surface area contributed by atoms with Crippen molar-refractivity contribution in [3.8, 4) is 11.5 Å². The maximum atomic E-state index is 11.2. The number of likely N-dealkylation sites (N-methyl/N-ethyl adjacent to an activating group) is 2. The van der Waals surface area contributed by atoms with Crippen molar-refractivity contribution in [1.29, 1.82) is 0 Å². The van der Waals surface area contributed by atoms with Crippen LogP contribution in [-0.2, 0) is 61.0 Å². The smallest absolute Gasteiger partial charge is 0.507 e. The Hall–Kier alpha value is -2.98. The van der Waals surface area contributed by atoms with Crippen LogP contribution in [0.1, 0.15) is 128 Å². The molecule has 0 atom stereocenters. The van der Waals surface area contributed by atoms with E-state index in [-0.39, 0.29) is 47.9 Å². The second kappa shape index (κ2) is 20.1. The van der Waals surface area contributed by atoms with E-state index < -0.39 is 0 Å². The van der Waals surface area contributed by atoms with Gasteiger partial charge in [0, 0.05) is 37.3 Å². The SMILES string of the molecule is CN(CCN(C)Cc1cc(C(C)(C)C)cc(C(C)(C)C)c1O)Cc1cc(C(C)(C)C)cc(C(C)(C)C)c1O.[CH2-]c1ccccc1.[CH2-]c1ccccc1.[Zr+2]. The first-order valence-electron chi connectivity index (χ1n) is 18.7. The van der Waals surface area contributed by atoms with Crippen LogP contribution in [0, 0.1) is 13.8 Å². The van der Waals surface area contributed by atoms with Crippen LogP contribution in [0.2, 0.25) is 0 Å². The Balaban J connectivity index is 0.000000770. The molecule has 0 bridgehead atoms. The number of phenols is 2. The van der Waals surface area contributed by atoms with Crippen molar-refractivity contribution in [3.05, 3.63) is 143 Å². The molecule has 2 N–H and O–H groups in total. The van der Waals surface area contributed by atoms with Crippen LogP contribution < -0.4 is 0 Å². The molecule has 0 spiro atoms. The molecule has 0 amide bonds. The van der Waals surface area contributed by atoms with E-state index in [1.54, 1.807) is 0 Å². The maximum Gasteiger partial charge on any atom is 2.00 e. The number of aromatic hydroxyl groups is 2. The number of hydrogen-bond donors (Lipinski definition) is 2. The molecule has 4 aromatic carbocycles. The average Bonchev–Trinajstić information content (AvgIpc) is 3.01. The normalized spacial score (nSPS) is 12.0. The van der Waals surface area contributed by atoms with E-state index in [4.69, 9.17) is 0 Å². The Morgan fingerprint density at radius 2 is 0.755 bits per heavy atom. The summed E-state index contributed by atoms with van der Waals surface area (Å²) < 4.78 is 0. The van der Waals surface area contributed by atoms with Crippen molar-refractivity contribution < 1.29 is 36.4 Å². The predicted octanol–water partition coefficient (Wildman–Crippen LogP) is 11.6. The molecule has 0 aliphatic heterocycles. The second-order valence-corrected chi connectivity index (χ2v) is 18.5. The van der Waals surface area contributed by atoms with E-state index in [9.17, 15) is 10.2 Å². The summed E-state index contributed by atoms with van der Waals surface area (Å²) in [6, 6.07) is 28.5.